The van der Waals surface area contributed by atoms with Gasteiger partial charge in [0.25, 0.3) is 9.05 Å². The predicted octanol–water partition coefficient (Wildman–Crippen LogP) is 0.885. The van der Waals surface area contributed by atoms with E-state index in [0.717, 1.165) is 0 Å². The van der Waals surface area contributed by atoms with E-state index in [9.17, 15) is 8.42 Å². The number of halogens is 1. The summed E-state index contributed by atoms with van der Waals surface area (Å²) in [7, 11) is 1.45. The molecule has 0 saturated carbocycles. The lowest BCUT2D eigenvalue weighted by Crippen LogP contribution is -1.88. The van der Waals surface area contributed by atoms with Crippen LogP contribution in [0.15, 0.2) is 23.6 Å². The number of aromatic amines is 1. The van der Waals surface area contributed by atoms with E-state index in [4.69, 9.17) is 10.7 Å². The Hall–Kier alpha value is -1.14. The van der Waals surface area contributed by atoms with Crippen LogP contribution in [-0.2, 0) is 9.05 Å². The third kappa shape index (κ3) is 1.38. The van der Waals surface area contributed by atoms with E-state index in [1.807, 2.05) is 0 Å². The molecule has 0 aliphatic rings. The fourth-order valence-electron chi connectivity index (χ4n) is 1.04. The molecule has 2 rings (SSSR count). The molecule has 2 aromatic rings. The van der Waals surface area contributed by atoms with Crippen LogP contribution in [0, 0.1) is 0 Å². The Kier molecular flexibility index (Phi) is 1.74. The Labute approximate surface area is 78.2 Å². The van der Waals surface area contributed by atoms with Crippen LogP contribution in [0.5, 0.6) is 0 Å². The summed E-state index contributed by atoms with van der Waals surface area (Å²) in [4.78, 5) is 10.2. The monoisotopic (exact) mass is 217 g/mol. The molecule has 0 spiro atoms. The topological polar surface area (TPSA) is 75.7 Å². The van der Waals surface area contributed by atoms with Gasteiger partial charge in [0.2, 0.25) is 0 Å². The number of hydrogen-bond acceptors (Lipinski definition) is 4. The highest BCUT2D eigenvalue weighted by atomic mass is 35.7. The molecule has 0 unspecified atom stereocenters. The normalized spacial score (nSPS) is 12.1. The average molecular weight is 218 g/mol. The molecule has 0 aliphatic carbocycles. The van der Waals surface area contributed by atoms with E-state index >= 15 is 0 Å². The zero-order chi connectivity index (χ0) is 9.47. The summed E-state index contributed by atoms with van der Waals surface area (Å²) in [5.74, 6) is 0. The standard InChI is InChI=1S/C6H4ClN3O2S/c7-13(11,12)5-2-9-6-4(5)1-8-3-10-6/h1-3H,(H,8,9,10). The quantitative estimate of drug-likeness (QED) is 0.720. The number of rotatable bonds is 1. The van der Waals surface area contributed by atoms with Gasteiger partial charge in [-0.05, 0) is 0 Å². The molecule has 2 heterocycles. The van der Waals surface area contributed by atoms with Gasteiger partial charge in [0.1, 0.15) is 16.9 Å². The first-order chi connectivity index (χ1) is 6.09. The van der Waals surface area contributed by atoms with E-state index in [1.54, 1.807) is 0 Å². The summed E-state index contributed by atoms with van der Waals surface area (Å²) in [6.45, 7) is 0. The summed E-state index contributed by atoms with van der Waals surface area (Å²) >= 11 is 0. The van der Waals surface area contributed by atoms with Crippen molar-refractivity contribution in [3.63, 3.8) is 0 Å². The Bertz CT molecular complexity index is 548. The second-order valence-corrected chi connectivity index (χ2v) is 4.91. The van der Waals surface area contributed by atoms with E-state index in [0.29, 0.717) is 11.0 Å². The molecule has 68 valence electrons. The van der Waals surface area contributed by atoms with Crippen LogP contribution in [0.2, 0.25) is 0 Å². The van der Waals surface area contributed by atoms with Crippen molar-refractivity contribution in [1.82, 2.24) is 15.0 Å². The van der Waals surface area contributed by atoms with E-state index < -0.39 is 9.05 Å². The van der Waals surface area contributed by atoms with Gasteiger partial charge >= 0.3 is 0 Å². The van der Waals surface area contributed by atoms with Gasteiger partial charge < -0.3 is 4.98 Å². The lowest BCUT2D eigenvalue weighted by atomic mass is 10.4. The highest BCUT2D eigenvalue weighted by molar-refractivity contribution is 8.14. The highest BCUT2D eigenvalue weighted by Crippen LogP contribution is 2.22. The zero-order valence-corrected chi connectivity index (χ0v) is 7.80. The van der Waals surface area contributed by atoms with Crippen molar-refractivity contribution in [3.05, 3.63) is 18.7 Å². The third-order valence-corrected chi connectivity index (χ3v) is 2.94. The van der Waals surface area contributed by atoms with Crippen LogP contribution in [0.3, 0.4) is 0 Å². The van der Waals surface area contributed by atoms with Crippen molar-refractivity contribution >= 4 is 30.8 Å². The summed E-state index contributed by atoms with van der Waals surface area (Å²) in [6.07, 6.45) is 4.01. The van der Waals surface area contributed by atoms with Crippen molar-refractivity contribution in [2.24, 2.45) is 0 Å². The third-order valence-electron chi connectivity index (χ3n) is 1.58. The summed E-state index contributed by atoms with van der Waals surface area (Å²) in [6, 6.07) is 0. The second-order valence-electron chi connectivity index (χ2n) is 2.38. The Morgan fingerprint density at radius 1 is 1.46 bits per heavy atom. The maximum Gasteiger partial charge on any atom is 0.263 e. The summed E-state index contributed by atoms with van der Waals surface area (Å²) < 4.78 is 22.0. The maximum absolute atomic E-state index is 11.0. The maximum atomic E-state index is 11.0. The Morgan fingerprint density at radius 3 is 2.92 bits per heavy atom. The van der Waals surface area contributed by atoms with Gasteiger partial charge in [0.15, 0.2) is 0 Å². The van der Waals surface area contributed by atoms with Gasteiger partial charge in [-0.15, -0.1) is 0 Å². The molecule has 0 bridgehead atoms. The molecule has 0 amide bonds. The predicted molar refractivity (Wildman–Crippen MR) is 46.9 cm³/mol. The molecule has 1 N–H and O–H groups in total. The first kappa shape index (κ1) is 8.46. The molecule has 13 heavy (non-hydrogen) atoms. The minimum atomic E-state index is -3.73. The number of nitrogens with zero attached hydrogens (tertiary/aromatic N) is 2. The van der Waals surface area contributed by atoms with Gasteiger partial charge in [-0.2, -0.15) is 0 Å². The molecular weight excluding hydrogens is 214 g/mol. The minimum absolute atomic E-state index is 0.00441. The number of nitrogens with one attached hydrogen (secondary N) is 1. The van der Waals surface area contributed by atoms with Crippen molar-refractivity contribution in [2.45, 2.75) is 4.90 Å². The zero-order valence-electron chi connectivity index (χ0n) is 6.23. The fourth-order valence-corrected chi connectivity index (χ4v) is 2.03. The molecule has 0 saturated heterocycles. The SMILES string of the molecule is O=S(=O)(Cl)c1c[nH]c2ncncc12. The second kappa shape index (κ2) is 2.68. The summed E-state index contributed by atoms with van der Waals surface area (Å²) in [5.41, 5.74) is 0.453. The molecule has 7 heteroatoms. The highest BCUT2D eigenvalue weighted by Gasteiger charge is 2.16. The Morgan fingerprint density at radius 2 is 2.23 bits per heavy atom. The van der Waals surface area contributed by atoms with E-state index in [-0.39, 0.29) is 4.90 Å². The summed E-state index contributed by atoms with van der Waals surface area (Å²) in [5, 5.41) is 0.400. The van der Waals surface area contributed by atoms with Crippen LogP contribution in [0.25, 0.3) is 11.0 Å². The van der Waals surface area contributed by atoms with Gasteiger partial charge in [-0.1, -0.05) is 0 Å². The van der Waals surface area contributed by atoms with Gasteiger partial charge in [-0.3, -0.25) is 0 Å². The van der Waals surface area contributed by atoms with Crippen LogP contribution < -0.4 is 0 Å². The van der Waals surface area contributed by atoms with Gasteiger partial charge in [0.05, 0.1) is 5.39 Å². The first-order valence-corrected chi connectivity index (χ1v) is 5.62. The molecule has 5 nitrogen and oxygen atoms in total. The lowest BCUT2D eigenvalue weighted by Gasteiger charge is -1.90. The van der Waals surface area contributed by atoms with Crippen LogP contribution in [0.1, 0.15) is 0 Å². The van der Waals surface area contributed by atoms with Crippen molar-refractivity contribution < 1.29 is 8.42 Å². The number of fused-ring (bicyclic) bond motifs is 1. The largest absolute Gasteiger partial charge is 0.345 e. The minimum Gasteiger partial charge on any atom is -0.345 e. The first-order valence-electron chi connectivity index (χ1n) is 3.31. The van der Waals surface area contributed by atoms with E-state index in [2.05, 4.69) is 15.0 Å². The van der Waals surface area contributed by atoms with Crippen LogP contribution in [0.4, 0.5) is 0 Å². The van der Waals surface area contributed by atoms with E-state index in [1.165, 1.54) is 18.7 Å². The number of aromatic nitrogens is 3. The number of H-pyrrole nitrogens is 1. The molecular formula is C6H4ClN3O2S. The molecule has 0 atom stereocenters. The van der Waals surface area contributed by atoms with Crippen LogP contribution in [-0.4, -0.2) is 23.4 Å². The van der Waals surface area contributed by atoms with Gasteiger partial charge in [0, 0.05) is 23.1 Å². The van der Waals surface area contributed by atoms with Crippen molar-refractivity contribution in [3.8, 4) is 0 Å². The smallest absolute Gasteiger partial charge is 0.263 e. The molecule has 0 fully saturated rings. The van der Waals surface area contributed by atoms with Crippen molar-refractivity contribution in [1.29, 1.82) is 0 Å². The molecule has 0 aliphatic heterocycles. The lowest BCUT2D eigenvalue weighted by molar-refractivity contribution is 0.610. The fraction of sp³-hybridized carbons (Fsp3) is 0. The average Bonchev–Trinajstić information content (AvgIpc) is 2.45. The van der Waals surface area contributed by atoms with Crippen LogP contribution >= 0.6 is 10.7 Å². The molecule has 0 aromatic carbocycles. The molecule has 2 aromatic heterocycles. The Balaban J connectivity index is 2.87. The van der Waals surface area contributed by atoms with Crippen molar-refractivity contribution in [2.75, 3.05) is 0 Å². The molecule has 0 radical (unpaired) electrons. The number of hydrogen-bond donors (Lipinski definition) is 1. The van der Waals surface area contributed by atoms with Gasteiger partial charge in [-0.25, -0.2) is 18.4 Å².